The number of aryl methyl sites for hydroxylation is 1. The highest BCUT2D eigenvalue weighted by Gasteiger charge is 2.23. The van der Waals surface area contributed by atoms with Gasteiger partial charge in [0.25, 0.3) is 0 Å². The van der Waals surface area contributed by atoms with Gasteiger partial charge in [-0.05, 0) is 31.5 Å². The van der Waals surface area contributed by atoms with Crippen LogP contribution in [0.25, 0.3) is 11.2 Å². The Bertz CT molecular complexity index is 625. The van der Waals surface area contributed by atoms with Gasteiger partial charge in [-0.15, -0.1) is 11.6 Å². The van der Waals surface area contributed by atoms with E-state index in [-0.39, 0.29) is 0 Å². The third-order valence-corrected chi connectivity index (χ3v) is 4.60. The molecule has 114 valence electrons. The Morgan fingerprint density at radius 3 is 3.00 bits per heavy atom. The number of hydrogen-bond donors (Lipinski definition) is 0. The van der Waals surface area contributed by atoms with Crippen LogP contribution in [0.1, 0.15) is 19.2 Å². The molecule has 2 aromatic heterocycles. The Balaban J connectivity index is 1.90. The fourth-order valence-electron chi connectivity index (χ4n) is 3.11. The van der Waals surface area contributed by atoms with E-state index in [0.29, 0.717) is 16.8 Å². The van der Waals surface area contributed by atoms with Crippen molar-refractivity contribution < 1.29 is 0 Å². The van der Waals surface area contributed by atoms with E-state index in [1.165, 1.54) is 13.0 Å². The molecule has 1 aliphatic heterocycles. The highest BCUT2D eigenvalue weighted by Crippen LogP contribution is 2.23. The Hall–Kier alpha value is -0.840. The van der Waals surface area contributed by atoms with Crippen molar-refractivity contribution in [3.05, 3.63) is 23.1 Å². The molecule has 0 radical (unpaired) electrons. The summed E-state index contributed by atoms with van der Waals surface area (Å²) in [5, 5.41) is 0.627. The van der Waals surface area contributed by atoms with Crippen LogP contribution in [0.15, 0.2) is 12.3 Å². The molecule has 3 rings (SSSR count). The van der Waals surface area contributed by atoms with Gasteiger partial charge in [0.15, 0.2) is 5.65 Å². The van der Waals surface area contributed by atoms with E-state index < -0.39 is 0 Å². The predicted octanol–water partition coefficient (Wildman–Crippen LogP) is 3.21. The third-order valence-electron chi connectivity index (χ3n) is 4.21. The average molecular weight is 327 g/mol. The summed E-state index contributed by atoms with van der Waals surface area (Å²) in [6.45, 7) is 6.66. The quantitative estimate of drug-likeness (QED) is 0.791. The summed E-state index contributed by atoms with van der Waals surface area (Å²) in [4.78, 5) is 11.6. The lowest BCUT2D eigenvalue weighted by Gasteiger charge is -2.15. The zero-order chi connectivity index (χ0) is 14.8. The standard InChI is InChI=1S/C15H20Cl2N4/c1-2-20-6-4-11(9-20)10-21-14(3-5-16)19-13-7-12(17)8-18-15(13)21/h7-8,11H,2-6,9-10H2,1H3. The maximum Gasteiger partial charge on any atom is 0.160 e. The van der Waals surface area contributed by atoms with Gasteiger partial charge in [-0.2, -0.15) is 0 Å². The highest BCUT2D eigenvalue weighted by molar-refractivity contribution is 6.31. The largest absolute Gasteiger partial charge is 0.312 e. The summed E-state index contributed by atoms with van der Waals surface area (Å²) in [6.07, 6.45) is 3.70. The number of pyridine rings is 1. The molecule has 0 N–H and O–H groups in total. The summed E-state index contributed by atoms with van der Waals surface area (Å²) in [6, 6.07) is 1.88. The van der Waals surface area contributed by atoms with E-state index in [2.05, 4.69) is 26.4 Å². The lowest BCUT2D eigenvalue weighted by Crippen LogP contribution is -2.22. The minimum atomic E-state index is 0.572. The van der Waals surface area contributed by atoms with Crippen molar-refractivity contribution in [2.24, 2.45) is 5.92 Å². The number of nitrogens with zero attached hydrogens (tertiary/aromatic N) is 4. The summed E-state index contributed by atoms with van der Waals surface area (Å²) in [5.74, 6) is 2.25. The molecule has 0 aliphatic carbocycles. The first-order valence-corrected chi connectivity index (χ1v) is 8.41. The van der Waals surface area contributed by atoms with E-state index in [4.69, 9.17) is 23.2 Å². The molecule has 3 heterocycles. The normalized spacial score (nSPS) is 19.7. The van der Waals surface area contributed by atoms with Gasteiger partial charge in [0.05, 0.1) is 5.02 Å². The average Bonchev–Trinajstić information content (AvgIpc) is 3.05. The summed E-state index contributed by atoms with van der Waals surface area (Å²) in [5.41, 5.74) is 1.79. The van der Waals surface area contributed by atoms with Gasteiger partial charge < -0.3 is 9.47 Å². The third kappa shape index (κ3) is 3.17. The zero-order valence-electron chi connectivity index (χ0n) is 12.2. The fourth-order valence-corrected chi connectivity index (χ4v) is 3.43. The maximum atomic E-state index is 6.02. The van der Waals surface area contributed by atoms with Gasteiger partial charge in [0, 0.05) is 31.6 Å². The molecular weight excluding hydrogens is 307 g/mol. The molecule has 0 saturated carbocycles. The van der Waals surface area contributed by atoms with Crippen LogP contribution >= 0.6 is 23.2 Å². The Kier molecular flexibility index (Phi) is 4.67. The molecule has 1 saturated heterocycles. The van der Waals surface area contributed by atoms with Crippen LogP contribution in [0.5, 0.6) is 0 Å². The second-order valence-corrected chi connectivity index (χ2v) is 6.44. The second kappa shape index (κ2) is 6.51. The van der Waals surface area contributed by atoms with Crippen molar-refractivity contribution in [3.63, 3.8) is 0 Å². The summed E-state index contributed by atoms with van der Waals surface area (Å²) in [7, 11) is 0. The minimum absolute atomic E-state index is 0.572. The van der Waals surface area contributed by atoms with E-state index in [0.717, 1.165) is 43.0 Å². The molecule has 0 spiro atoms. The number of imidazole rings is 1. The van der Waals surface area contributed by atoms with Crippen molar-refractivity contribution in [1.82, 2.24) is 19.4 Å². The molecule has 6 heteroatoms. The van der Waals surface area contributed by atoms with Crippen molar-refractivity contribution in [2.75, 3.05) is 25.5 Å². The molecule has 1 unspecified atom stereocenters. The van der Waals surface area contributed by atoms with Crippen LogP contribution in [-0.4, -0.2) is 44.9 Å². The number of aromatic nitrogens is 3. The van der Waals surface area contributed by atoms with Crippen molar-refractivity contribution >= 4 is 34.4 Å². The molecule has 0 aromatic carbocycles. The topological polar surface area (TPSA) is 34.0 Å². The molecular formula is C15H20Cl2N4. The molecule has 1 aliphatic rings. The van der Waals surface area contributed by atoms with E-state index >= 15 is 0 Å². The van der Waals surface area contributed by atoms with Gasteiger partial charge in [-0.1, -0.05) is 18.5 Å². The molecule has 0 amide bonds. The van der Waals surface area contributed by atoms with Crippen LogP contribution in [0.2, 0.25) is 5.02 Å². The van der Waals surface area contributed by atoms with Gasteiger partial charge in [-0.25, -0.2) is 9.97 Å². The molecule has 2 aromatic rings. The first-order valence-electron chi connectivity index (χ1n) is 7.50. The predicted molar refractivity (Wildman–Crippen MR) is 87.2 cm³/mol. The second-order valence-electron chi connectivity index (χ2n) is 5.62. The molecule has 4 nitrogen and oxygen atoms in total. The zero-order valence-corrected chi connectivity index (χ0v) is 13.7. The highest BCUT2D eigenvalue weighted by atomic mass is 35.5. The summed E-state index contributed by atoms with van der Waals surface area (Å²) >= 11 is 11.9. The Morgan fingerprint density at radius 2 is 2.29 bits per heavy atom. The van der Waals surface area contributed by atoms with E-state index in [1.807, 2.05) is 6.07 Å². The van der Waals surface area contributed by atoms with Gasteiger partial charge in [0.2, 0.25) is 0 Å². The number of rotatable bonds is 5. The van der Waals surface area contributed by atoms with Crippen LogP contribution in [0.4, 0.5) is 0 Å². The van der Waals surface area contributed by atoms with Gasteiger partial charge in [0.1, 0.15) is 11.3 Å². The summed E-state index contributed by atoms with van der Waals surface area (Å²) < 4.78 is 2.23. The van der Waals surface area contributed by atoms with Crippen molar-refractivity contribution in [1.29, 1.82) is 0 Å². The molecule has 21 heavy (non-hydrogen) atoms. The lowest BCUT2D eigenvalue weighted by molar-refractivity contribution is 0.332. The van der Waals surface area contributed by atoms with E-state index in [9.17, 15) is 0 Å². The number of likely N-dealkylation sites (tertiary alicyclic amines) is 1. The number of halogens is 2. The molecule has 1 atom stereocenters. The van der Waals surface area contributed by atoms with Gasteiger partial charge >= 0.3 is 0 Å². The molecule has 1 fully saturated rings. The van der Waals surface area contributed by atoms with Crippen LogP contribution in [-0.2, 0) is 13.0 Å². The van der Waals surface area contributed by atoms with E-state index in [1.54, 1.807) is 6.20 Å². The van der Waals surface area contributed by atoms with Crippen LogP contribution in [0, 0.1) is 5.92 Å². The SMILES string of the molecule is CCN1CCC(Cn2c(CCCl)nc3cc(Cl)cnc32)C1. The van der Waals surface area contributed by atoms with Crippen molar-refractivity contribution in [2.45, 2.75) is 26.3 Å². The molecule has 0 bridgehead atoms. The number of hydrogen-bond acceptors (Lipinski definition) is 3. The Morgan fingerprint density at radius 1 is 1.43 bits per heavy atom. The van der Waals surface area contributed by atoms with Crippen LogP contribution < -0.4 is 0 Å². The first-order chi connectivity index (χ1) is 10.2. The van der Waals surface area contributed by atoms with Crippen LogP contribution in [0.3, 0.4) is 0 Å². The Labute approximate surface area is 135 Å². The fraction of sp³-hybridized carbons (Fsp3) is 0.600. The lowest BCUT2D eigenvalue weighted by atomic mass is 10.1. The smallest absolute Gasteiger partial charge is 0.160 e. The number of alkyl halides is 1. The van der Waals surface area contributed by atoms with Crippen molar-refractivity contribution in [3.8, 4) is 0 Å². The maximum absolute atomic E-state index is 6.02. The number of fused-ring (bicyclic) bond motifs is 1. The van der Waals surface area contributed by atoms with Gasteiger partial charge in [-0.3, -0.25) is 0 Å². The minimum Gasteiger partial charge on any atom is -0.312 e. The monoisotopic (exact) mass is 326 g/mol. The first kappa shape index (κ1) is 15.1.